The lowest BCUT2D eigenvalue weighted by molar-refractivity contribution is -0.119. The highest BCUT2D eigenvalue weighted by Gasteiger charge is 2.22. The maximum atomic E-state index is 12.5. The van der Waals surface area contributed by atoms with Crippen LogP contribution in [0, 0.1) is 6.92 Å². The third kappa shape index (κ3) is 3.44. The quantitative estimate of drug-likeness (QED) is 0.816. The van der Waals surface area contributed by atoms with E-state index in [1.54, 1.807) is 28.9 Å². The standard InChI is InChI=1S/C14H16N6O3/c1-10-6-13(18-23-10)17-12-7-11(15-8-16-12)14(22)20-4-2-19(9-21)3-5-20/h6-9H,2-5H2,1H3,(H,15,16,17,18). The molecule has 1 aliphatic heterocycles. The molecule has 2 aromatic heterocycles. The third-order valence-electron chi connectivity index (χ3n) is 3.52. The van der Waals surface area contributed by atoms with E-state index >= 15 is 0 Å². The van der Waals surface area contributed by atoms with E-state index < -0.39 is 0 Å². The fraction of sp³-hybridized carbons (Fsp3) is 0.357. The highest BCUT2D eigenvalue weighted by Crippen LogP contribution is 2.15. The van der Waals surface area contributed by atoms with Gasteiger partial charge in [-0.3, -0.25) is 9.59 Å². The number of amides is 2. The molecule has 0 saturated carbocycles. The summed E-state index contributed by atoms with van der Waals surface area (Å²) in [6.07, 6.45) is 2.12. The number of aromatic nitrogens is 3. The van der Waals surface area contributed by atoms with Gasteiger partial charge in [-0.25, -0.2) is 9.97 Å². The smallest absolute Gasteiger partial charge is 0.272 e. The van der Waals surface area contributed by atoms with Gasteiger partial charge in [-0.05, 0) is 6.92 Å². The van der Waals surface area contributed by atoms with Gasteiger partial charge < -0.3 is 19.6 Å². The van der Waals surface area contributed by atoms with Gasteiger partial charge in [-0.2, -0.15) is 0 Å². The molecule has 0 aliphatic carbocycles. The van der Waals surface area contributed by atoms with Crippen LogP contribution >= 0.6 is 0 Å². The Morgan fingerprint density at radius 2 is 2.00 bits per heavy atom. The Hall–Kier alpha value is -2.97. The summed E-state index contributed by atoms with van der Waals surface area (Å²) in [5.41, 5.74) is 0.294. The normalized spacial score (nSPS) is 14.7. The van der Waals surface area contributed by atoms with Crippen molar-refractivity contribution in [2.75, 3.05) is 31.5 Å². The summed E-state index contributed by atoms with van der Waals surface area (Å²) in [4.78, 5) is 34.6. The summed E-state index contributed by atoms with van der Waals surface area (Å²) >= 11 is 0. The van der Waals surface area contributed by atoms with E-state index in [1.807, 2.05) is 0 Å². The van der Waals surface area contributed by atoms with Crippen LogP contribution in [0.2, 0.25) is 0 Å². The van der Waals surface area contributed by atoms with Gasteiger partial charge in [0, 0.05) is 38.3 Å². The van der Waals surface area contributed by atoms with Gasteiger partial charge in [0.05, 0.1) is 0 Å². The number of anilines is 2. The van der Waals surface area contributed by atoms with Gasteiger partial charge in [-0.1, -0.05) is 5.16 Å². The zero-order valence-corrected chi connectivity index (χ0v) is 12.6. The molecule has 1 N–H and O–H groups in total. The first kappa shape index (κ1) is 14.9. The van der Waals surface area contributed by atoms with Gasteiger partial charge in [-0.15, -0.1) is 0 Å². The van der Waals surface area contributed by atoms with E-state index in [2.05, 4.69) is 20.4 Å². The van der Waals surface area contributed by atoms with Crippen molar-refractivity contribution >= 4 is 24.0 Å². The molecule has 9 heteroatoms. The predicted molar refractivity (Wildman–Crippen MR) is 80.1 cm³/mol. The minimum atomic E-state index is -0.183. The van der Waals surface area contributed by atoms with Crippen molar-refractivity contribution in [3.05, 3.63) is 29.9 Å². The van der Waals surface area contributed by atoms with E-state index in [1.165, 1.54) is 6.33 Å². The molecule has 9 nitrogen and oxygen atoms in total. The number of rotatable bonds is 4. The van der Waals surface area contributed by atoms with E-state index in [9.17, 15) is 9.59 Å². The summed E-state index contributed by atoms with van der Waals surface area (Å²) in [5.74, 6) is 1.46. The molecule has 0 atom stereocenters. The van der Waals surface area contributed by atoms with E-state index in [-0.39, 0.29) is 5.91 Å². The molecule has 0 radical (unpaired) electrons. The van der Waals surface area contributed by atoms with Crippen LogP contribution in [-0.2, 0) is 4.79 Å². The van der Waals surface area contributed by atoms with Gasteiger partial charge in [0.1, 0.15) is 23.6 Å². The second-order valence-corrected chi connectivity index (χ2v) is 5.17. The highest BCUT2D eigenvalue weighted by molar-refractivity contribution is 5.93. The lowest BCUT2D eigenvalue weighted by atomic mass is 10.2. The van der Waals surface area contributed by atoms with Crippen molar-refractivity contribution in [2.24, 2.45) is 0 Å². The van der Waals surface area contributed by atoms with Crippen LogP contribution in [-0.4, -0.2) is 63.4 Å². The second kappa shape index (κ2) is 6.42. The van der Waals surface area contributed by atoms with E-state index in [0.29, 0.717) is 49.3 Å². The fourth-order valence-electron chi connectivity index (χ4n) is 2.29. The van der Waals surface area contributed by atoms with Crippen molar-refractivity contribution in [3.8, 4) is 0 Å². The fourth-order valence-corrected chi connectivity index (χ4v) is 2.29. The van der Waals surface area contributed by atoms with Crippen LogP contribution in [0.4, 0.5) is 11.6 Å². The average molecular weight is 316 g/mol. The van der Waals surface area contributed by atoms with E-state index in [0.717, 1.165) is 6.41 Å². The maximum absolute atomic E-state index is 12.5. The molecule has 1 saturated heterocycles. The van der Waals surface area contributed by atoms with E-state index in [4.69, 9.17) is 4.52 Å². The van der Waals surface area contributed by atoms with Crippen molar-refractivity contribution in [1.29, 1.82) is 0 Å². The number of piperazine rings is 1. The van der Waals surface area contributed by atoms with Crippen LogP contribution in [0.15, 0.2) is 23.0 Å². The maximum Gasteiger partial charge on any atom is 0.272 e. The number of nitrogens with one attached hydrogen (secondary N) is 1. The molecule has 1 fully saturated rings. The van der Waals surface area contributed by atoms with Gasteiger partial charge in [0.2, 0.25) is 6.41 Å². The summed E-state index contributed by atoms with van der Waals surface area (Å²) in [5, 5.41) is 6.77. The monoisotopic (exact) mass is 316 g/mol. The molecular weight excluding hydrogens is 300 g/mol. The number of nitrogens with zero attached hydrogens (tertiary/aromatic N) is 5. The first-order chi connectivity index (χ1) is 11.2. The van der Waals surface area contributed by atoms with Crippen molar-refractivity contribution in [2.45, 2.75) is 6.92 Å². The number of carbonyl (C=O) groups excluding carboxylic acids is 2. The van der Waals surface area contributed by atoms with Crippen molar-refractivity contribution in [1.82, 2.24) is 24.9 Å². The zero-order valence-electron chi connectivity index (χ0n) is 12.6. The summed E-state index contributed by atoms with van der Waals surface area (Å²) < 4.78 is 4.97. The number of carbonyl (C=O) groups is 2. The molecule has 0 spiro atoms. The molecule has 2 aromatic rings. The van der Waals surface area contributed by atoms with Crippen LogP contribution < -0.4 is 5.32 Å². The molecule has 0 bridgehead atoms. The Balaban J connectivity index is 1.69. The third-order valence-corrected chi connectivity index (χ3v) is 3.52. The van der Waals surface area contributed by atoms with Gasteiger partial charge >= 0.3 is 0 Å². The Morgan fingerprint density at radius 3 is 2.65 bits per heavy atom. The lowest BCUT2D eigenvalue weighted by Gasteiger charge is -2.32. The SMILES string of the molecule is Cc1cc(Nc2cc(C(=O)N3CCN(C=O)CC3)ncn2)no1. The lowest BCUT2D eigenvalue weighted by Crippen LogP contribution is -2.48. The number of aryl methyl sites for hydroxylation is 1. The summed E-state index contributed by atoms with van der Waals surface area (Å²) in [6.45, 7) is 3.83. The Kier molecular flexibility index (Phi) is 4.18. The first-order valence-corrected chi connectivity index (χ1v) is 7.17. The topological polar surface area (TPSA) is 104 Å². The Bertz CT molecular complexity index is 708. The Labute approximate surface area is 132 Å². The highest BCUT2D eigenvalue weighted by atomic mass is 16.5. The molecule has 3 heterocycles. The minimum absolute atomic E-state index is 0.183. The Morgan fingerprint density at radius 1 is 1.22 bits per heavy atom. The molecule has 0 aromatic carbocycles. The van der Waals surface area contributed by atoms with Crippen molar-refractivity contribution < 1.29 is 14.1 Å². The molecule has 1 aliphatic rings. The van der Waals surface area contributed by atoms with Gasteiger partial charge in [0.25, 0.3) is 5.91 Å². The summed E-state index contributed by atoms with van der Waals surface area (Å²) in [6, 6.07) is 3.29. The predicted octanol–water partition coefficient (Wildman–Crippen LogP) is 0.431. The molecule has 2 amide bonds. The van der Waals surface area contributed by atoms with Crippen molar-refractivity contribution in [3.63, 3.8) is 0 Å². The number of hydrogen-bond acceptors (Lipinski definition) is 7. The van der Waals surface area contributed by atoms with Crippen LogP contribution in [0.5, 0.6) is 0 Å². The second-order valence-electron chi connectivity index (χ2n) is 5.17. The average Bonchev–Trinajstić information content (AvgIpc) is 2.99. The molecule has 23 heavy (non-hydrogen) atoms. The zero-order chi connectivity index (χ0) is 16.2. The van der Waals surface area contributed by atoms with Gasteiger partial charge in [0.15, 0.2) is 5.82 Å². The molecular formula is C14H16N6O3. The summed E-state index contributed by atoms with van der Waals surface area (Å²) in [7, 11) is 0. The van der Waals surface area contributed by atoms with Crippen LogP contribution in [0.1, 0.15) is 16.2 Å². The molecule has 3 rings (SSSR count). The van der Waals surface area contributed by atoms with Crippen LogP contribution in [0.3, 0.4) is 0 Å². The van der Waals surface area contributed by atoms with Crippen LogP contribution in [0.25, 0.3) is 0 Å². The molecule has 120 valence electrons. The first-order valence-electron chi connectivity index (χ1n) is 7.17. The largest absolute Gasteiger partial charge is 0.360 e. The minimum Gasteiger partial charge on any atom is -0.360 e. The number of hydrogen-bond donors (Lipinski definition) is 1. The molecule has 0 unspecified atom stereocenters.